The number of benzene rings is 1. The third kappa shape index (κ3) is 8.55. The van der Waals surface area contributed by atoms with Crippen molar-refractivity contribution in [3.05, 3.63) is 29.8 Å². The molecule has 1 rings (SSSR count). The zero-order valence-corrected chi connectivity index (χ0v) is 7.90. The Labute approximate surface area is 82.1 Å². The van der Waals surface area contributed by atoms with Gasteiger partial charge in [-0.3, -0.25) is 9.11 Å². The summed E-state index contributed by atoms with van der Waals surface area (Å²) >= 11 is 0. The number of hydrogen-bond acceptors (Lipinski definition) is 3. The largest absolute Gasteiger partial charge is 0.399 e. The second-order valence-electron chi connectivity index (χ2n) is 2.22. The molecule has 0 aliphatic carbocycles. The zero-order valence-electron chi connectivity index (χ0n) is 7.08. The molecule has 0 radical (unpaired) electrons. The van der Waals surface area contributed by atoms with E-state index in [4.69, 9.17) is 29.7 Å². The van der Waals surface area contributed by atoms with Gasteiger partial charge in [0.25, 0.3) is 0 Å². The monoisotopic (exact) mass is 215 g/mol. The van der Waals surface area contributed by atoms with Crippen molar-refractivity contribution in [1.82, 2.24) is 0 Å². The Morgan fingerprint density at radius 3 is 2.14 bits per heavy atom. The molecule has 4 N–H and O–H groups in total. The molecular formula is C8H9NO4S. The normalized spacial score (nSPS) is 9.50. The van der Waals surface area contributed by atoms with Crippen LogP contribution in [0.2, 0.25) is 0 Å². The molecule has 14 heavy (non-hydrogen) atoms. The summed E-state index contributed by atoms with van der Waals surface area (Å²) in [6.07, 6.45) is 5.11. The van der Waals surface area contributed by atoms with Gasteiger partial charge >= 0.3 is 10.4 Å². The van der Waals surface area contributed by atoms with Crippen LogP contribution in [0, 0.1) is 12.3 Å². The highest BCUT2D eigenvalue weighted by Gasteiger charge is 1.85. The smallest absolute Gasteiger partial charge is 0.394 e. The Kier molecular flexibility index (Phi) is 4.66. The van der Waals surface area contributed by atoms with Gasteiger partial charge in [0.1, 0.15) is 0 Å². The average molecular weight is 215 g/mol. The van der Waals surface area contributed by atoms with Gasteiger partial charge < -0.3 is 5.73 Å². The Balaban J connectivity index is 0.000000292. The third-order valence-corrected chi connectivity index (χ3v) is 1.05. The van der Waals surface area contributed by atoms with Crippen LogP contribution in [-0.2, 0) is 10.4 Å². The maximum Gasteiger partial charge on any atom is 0.394 e. The highest BCUT2D eigenvalue weighted by atomic mass is 32.3. The molecule has 0 heterocycles. The predicted octanol–water partition coefficient (Wildman–Crippen LogP) is 0.597. The molecule has 0 atom stereocenters. The molecule has 0 amide bonds. The lowest BCUT2D eigenvalue weighted by Crippen LogP contribution is -1.89. The molecule has 5 nitrogen and oxygen atoms in total. The number of nitrogens with two attached hydrogens (primary N) is 1. The lowest BCUT2D eigenvalue weighted by Gasteiger charge is -1.90. The van der Waals surface area contributed by atoms with Gasteiger partial charge in [0.05, 0.1) is 0 Å². The van der Waals surface area contributed by atoms with Crippen molar-refractivity contribution < 1.29 is 17.5 Å². The molecule has 76 valence electrons. The molecule has 6 heteroatoms. The second-order valence-corrected chi connectivity index (χ2v) is 3.11. The summed E-state index contributed by atoms with van der Waals surface area (Å²) in [5.74, 6) is 2.49. The van der Waals surface area contributed by atoms with Gasteiger partial charge in [0.15, 0.2) is 0 Å². The minimum Gasteiger partial charge on any atom is -0.399 e. The fourth-order valence-corrected chi connectivity index (χ4v) is 0.628. The van der Waals surface area contributed by atoms with Crippen LogP contribution >= 0.6 is 0 Å². The van der Waals surface area contributed by atoms with E-state index in [1.54, 1.807) is 12.1 Å². The molecule has 0 unspecified atom stereocenters. The van der Waals surface area contributed by atoms with Crippen LogP contribution in [0.3, 0.4) is 0 Å². The van der Waals surface area contributed by atoms with Crippen LogP contribution in [0.25, 0.3) is 0 Å². The average Bonchev–Trinajstić information content (AvgIpc) is 2.01. The molecule has 0 fully saturated rings. The Morgan fingerprint density at radius 1 is 1.36 bits per heavy atom. The molecule has 0 saturated heterocycles. The van der Waals surface area contributed by atoms with Gasteiger partial charge in [0.2, 0.25) is 0 Å². The SMILES string of the molecule is C#Cc1cccc(N)c1.O=S(=O)(O)O. The third-order valence-electron chi connectivity index (χ3n) is 1.05. The van der Waals surface area contributed by atoms with Crippen LogP contribution in [0.15, 0.2) is 24.3 Å². The first-order chi connectivity index (χ1) is 6.33. The van der Waals surface area contributed by atoms with Crippen molar-refractivity contribution in [3.8, 4) is 12.3 Å². The van der Waals surface area contributed by atoms with Gasteiger partial charge in [-0.2, -0.15) is 8.42 Å². The van der Waals surface area contributed by atoms with E-state index in [1.165, 1.54) is 0 Å². The maximum atomic E-state index is 8.74. The lowest BCUT2D eigenvalue weighted by atomic mass is 10.2. The first-order valence-corrected chi connectivity index (χ1v) is 4.74. The summed E-state index contributed by atoms with van der Waals surface area (Å²) in [6, 6.07) is 7.25. The van der Waals surface area contributed by atoms with Gasteiger partial charge in [-0.1, -0.05) is 12.0 Å². The van der Waals surface area contributed by atoms with E-state index in [0.717, 1.165) is 5.56 Å². The van der Waals surface area contributed by atoms with Gasteiger partial charge in [-0.05, 0) is 18.2 Å². The molecule has 0 aromatic heterocycles. The number of rotatable bonds is 0. The topological polar surface area (TPSA) is 101 Å². The first-order valence-electron chi connectivity index (χ1n) is 3.35. The molecule has 0 aliphatic heterocycles. The Hall–Kier alpha value is -1.55. The quantitative estimate of drug-likeness (QED) is 0.334. The van der Waals surface area contributed by atoms with Crippen molar-refractivity contribution in [3.63, 3.8) is 0 Å². The molecule has 1 aromatic carbocycles. The van der Waals surface area contributed by atoms with Crippen molar-refractivity contribution in [2.75, 3.05) is 5.73 Å². The summed E-state index contributed by atoms with van der Waals surface area (Å²) in [5.41, 5.74) is 6.98. The first kappa shape index (κ1) is 12.4. The lowest BCUT2D eigenvalue weighted by molar-refractivity contribution is 0.381. The summed E-state index contributed by atoms with van der Waals surface area (Å²) in [4.78, 5) is 0. The van der Waals surface area contributed by atoms with E-state index in [-0.39, 0.29) is 0 Å². The van der Waals surface area contributed by atoms with Crippen LogP contribution in [0.4, 0.5) is 5.69 Å². The highest BCUT2D eigenvalue weighted by molar-refractivity contribution is 7.79. The maximum absolute atomic E-state index is 8.74. The van der Waals surface area contributed by atoms with E-state index < -0.39 is 10.4 Å². The predicted molar refractivity (Wildman–Crippen MR) is 53.0 cm³/mol. The van der Waals surface area contributed by atoms with Crippen molar-refractivity contribution in [2.45, 2.75) is 0 Å². The standard InChI is InChI=1S/C8H7N.H2O4S/c1-2-7-4-3-5-8(9)6-7;1-5(2,3)4/h1,3-6H,9H2;(H2,1,2,3,4). The minimum atomic E-state index is -4.67. The minimum absolute atomic E-state index is 0.713. The van der Waals surface area contributed by atoms with Crippen LogP contribution in [0.1, 0.15) is 5.56 Å². The van der Waals surface area contributed by atoms with E-state index in [2.05, 4.69) is 5.92 Å². The van der Waals surface area contributed by atoms with Crippen molar-refractivity contribution >= 4 is 16.1 Å². The zero-order chi connectivity index (χ0) is 11.2. The summed E-state index contributed by atoms with van der Waals surface area (Å²) < 4.78 is 31.6. The van der Waals surface area contributed by atoms with Gasteiger partial charge in [0, 0.05) is 11.3 Å². The van der Waals surface area contributed by atoms with E-state index in [9.17, 15) is 0 Å². The number of anilines is 1. The number of terminal acetylenes is 1. The molecule has 1 aromatic rings. The number of nitrogen functional groups attached to an aromatic ring is 1. The second kappa shape index (κ2) is 5.24. The van der Waals surface area contributed by atoms with Crippen LogP contribution < -0.4 is 5.73 Å². The molecular weight excluding hydrogens is 206 g/mol. The molecule has 0 saturated carbocycles. The van der Waals surface area contributed by atoms with Crippen molar-refractivity contribution in [2.24, 2.45) is 0 Å². The Bertz CT molecular complexity index is 425. The van der Waals surface area contributed by atoms with Gasteiger partial charge in [-0.25, -0.2) is 0 Å². The molecule has 0 bridgehead atoms. The summed E-state index contributed by atoms with van der Waals surface area (Å²) in [7, 11) is -4.67. The van der Waals surface area contributed by atoms with E-state index in [0.29, 0.717) is 5.69 Å². The van der Waals surface area contributed by atoms with Crippen molar-refractivity contribution in [1.29, 1.82) is 0 Å². The van der Waals surface area contributed by atoms with Gasteiger partial charge in [-0.15, -0.1) is 6.42 Å². The van der Waals surface area contributed by atoms with Crippen LogP contribution in [0.5, 0.6) is 0 Å². The van der Waals surface area contributed by atoms with Crippen LogP contribution in [-0.4, -0.2) is 17.5 Å². The molecule has 0 aliphatic rings. The van der Waals surface area contributed by atoms with E-state index in [1.807, 2.05) is 12.1 Å². The fraction of sp³-hybridized carbons (Fsp3) is 0. The highest BCUT2D eigenvalue weighted by Crippen LogP contribution is 2.03. The number of hydrogen-bond donors (Lipinski definition) is 3. The van der Waals surface area contributed by atoms with E-state index >= 15 is 0 Å². The Morgan fingerprint density at radius 2 is 1.86 bits per heavy atom. The summed E-state index contributed by atoms with van der Waals surface area (Å²) in [6.45, 7) is 0. The summed E-state index contributed by atoms with van der Waals surface area (Å²) in [5, 5.41) is 0. The molecule has 0 spiro atoms. The fourth-order valence-electron chi connectivity index (χ4n) is 0.628.